The van der Waals surface area contributed by atoms with E-state index in [9.17, 15) is 0 Å². The van der Waals surface area contributed by atoms with Crippen LogP contribution >= 0.6 is 0 Å². The van der Waals surface area contributed by atoms with E-state index in [1.807, 2.05) is 28.7 Å². The van der Waals surface area contributed by atoms with Gasteiger partial charge in [-0.3, -0.25) is 4.40 Å². The highest BCUT2D eigenvalue weighted by Gasteiger charge is 2.09. The summed E-state index contributed by atoms with van der Waals surface area (Å²) in [5, 5.41) is 12.6. The number of hydrogen-bond acceptors (Lipinski definition) is 4. The maximum atomic E-state index is 4.70. The molecule has 0 fully saturated rings. The highest BCUT2D eigenvalue weighted by Crippen LogP contribution is 2.23. The van der Waals surface area contributed by atoms with Crippen LogP contribution in [0.5, 0.6) is 0 Å². The van der Waals surface area contributed by atoms with Crippen LogP contribution in [0.15, 0.2) is 48.8 Å². The highest BCUT2D eigenvalue weighted by molar-refractivity contribution is 5.92. The molecular formula is C17H15N5. The van der Waals surface area contributed by atoms with Crippen LogP contribution in [0.3, 0.4) is 0 Å². The topological polar surface area (TPSA) is 55.1 Å². The molecule has 5 heteroatoms. The second-order valence-corrected chi connectivity index (χ2v) is 5.48. The summed E-state index contributed by atoms with van der Waals surface area (Å²) in [4.78, 5) is 4.70. The molecule has 0 saturated heterocycles. The molecule has 1 N–H and O–H groups in total. The smallest absolute Gasteiger partial charge is 0.215 e. The number of hydrogen-bond donors (Lipinski definition) is 1. The minimum atomic E-state index is 0.712. The Morgan fingerprint density at radius 2 is 1.77 bits per heavy atom. The molecule has 0 spiro atoms. The van der Waals surface area contributed by atoms with Crippen molar-refractivity contribution in [2.75, 3.05) is 5.32 Å². The zero-order valence-corrected chi connectivity index (χ0v) is 12.4. The van der Waals surface area contributed by atoms with Gasteiger partial charge in [0.05, 0.1) is 5.52 Å². The Morgan fingerprint density at radius 1 is 1.00 bits per heavy atom. The molecular weight excluding hydrogens is 274 g/mol. The molecule has 0 aliphatic rings. The number of anilines is 2. The van der Waals surface area contributed by atoms with E-state index in [0.717, 1.165) is 22.2 Å². The van der Waals surface area contributed by atoms with Crippen molar-refractivity contribution in [2.45, 2.75) is 13.8 Å². The van der Waals surface area contributed by atoms with Crippen molar-refractivity contribution >= 4 is 28.2 Å². The first-order valence-electron chi connectivity index (χ1n) is 7.14. The Hall–Kier alpha value is -2.95. The molecule has 0 unspecified atom stereocenters. The quantitative estimate of drug-likeness (QED) is 0.612. The molecule has 2 heterocycles. The molecule has 0 aliphatic heterocycles. The standard InChI is InChI=1S/C17H15N5/c1-11-7-12(2)9-13(8-11)19-17-20-15-6-4-3-5-14(15)16-21-18-10-22(16)17/h3-10H,1-2H3,(H,19,20). The van der Waals surface area contributed by atoms with Crippen LogP contribution in [-0.2, 0) is 0 Å². The first-order chi connectivity index (χ1) is 10.7. The molecule has 4 rings (SSSR count). The van der Waals surface area contributed by atoms with Crippen molar-refractivity contribution in [1.29, 1.82) is 0 Å². The fourth-order valence-corrected chi connectivity index (χ4v) is 2.77. The lowest BCUT2D eigenvalue weighted by Gasteiger charge is -2.10. The second-order valence-electron chi connectivity index (χ2n) is 5.48. The highest BCUT2D eigenvalue weighted by atomic mass is 15.3. The van der Waals surface area contributed by atoms with Gasteiger partial charge in [0, 0.05) is 11.1 Å². The van der Waals surface area contributed by atoms with Gasteiger partial charge in [-0.15, -0.1) is 10.2 Å². The second kappa shape index (κ2) is 4.80. The summed E-state index contributed by atoms with van der Waals surface area (Å²) in [5.74, 6) is 0.712. The van der Waals surface area contributed by atoms with Crippen molar-refractivity contribution in [3.63, 3.8) is 0 Å². The zero-order chi connectivity index (χ0) is 15.1. The zero-order valence-electron chi connectivity index (χ0n) is 12.4. The van der Waals surface area contributed by atoms with Crippen LogP contribution < -0.4 is 5.32 Å². The number of nitrogens with one attached hydrogen (secondary N) is 1. The van der Waals surface area contributed by atoms with Crippen molar-refractivity contribution in [1.82, 2.24) is 19.6 Å². The van der Waals surface area contributed by atoms with E-state index in [1.54, 1.807) is 6.33 Å². The molecule has 2 aromatic carbocycles. The summed E-state index contributed by atoms with van der Waals surface area (Å²) in [7, 11) is 0. The lowest BCUT2D eigenvalue weighted by atomic mass is 10.1. The van der Waals surface area contributed by atoms with Crippen LogP contribution in [0.25, 0.3) is 16.6 Å². The van der Waals surface area contributed by atoms with Crippen molar-refractivity contribution in [3.05, 3.63) is 59.9 Å². The molecule has 4 aromatic rings. The molecule has 0 bridgehead atoms. The predicted octanol–water partition coefficient (Wildman–Crippen LogP) is 3.64. The Kier molecular flexibility index (Phi) is 2.79. The van der Waals surface area contributed by atoms with Gasteiger partial charge in [0.2, 0.25) is 5.95 Å². The molecule has 0 saturated carbocycles. The number of aromatic nitrogens is 4. The number of rotatable bonds is 2. The number of fused-ring (bicyclic) bond motifs is 3. The van der Waals surface area contributed by atoms with Crippen LogP contribution in [0, 0.1) is 13.8 Å². The molecule has 22 heavy (non-hydrogen) atoms. The monoisotopic (exact) mass is 289 g/mol. The lowest BCUT2D eigenvalue weighted by molar-refractivity contribution is 1.08. The summed E-state index contributed by atoms with van der Waals surface area (Å²) < 4.78 is 1.88. The average molecular weight is 289 g/mol. The Morgan fingerprint density at radius 3 is 2.59 bits per heavy atom. The fraction of sp³-hybridized carbons (Fsp3) is 0.118. The van der Waals surface area contributed by atoms with Gasteiger partial charge >= 0.3 is 0 Å². The van der Waals surface area contributed by atoms with Crippen molar-refractivity contribution in [3.8, 4) is 0 Å². The van der Waals surface area contributed by atoms with Gasteiger partial charge in [-0.1, -0.05) is 18.2 Å². The van der Waals surface area contributed by atoms with Crippen molar-refractivity contribution in [2.24, 2.45) is 0 Å². The predicted molar refractivity (Wildman–Crippen MR) is 87.5 cm³/mol. The van der Waals surface area contributed by atoms with E-state index in [0.29, 0.717) is 5.95 Å². The summed E-state index contributed by atoms with van der Waals surface area (Å²) in [6, 6.07) is 14.3. The van der Waals surface area contributed by atoms with E-state index < -0.39 is 0 Å². The van der Waals surface area contributed by atoms with Gasteiger partial charge in [-0.25, -0.2) is 4.98 Å². The average Bonchev–Trinajstić information content (AvgIpc) is 2.96. The summed E-state index contributed by atoms with van der Waals surface area (Å²) in [6.45, 7) is 4.17. The molecule has 5 nitrogen and oxygen atoms in total. The van der Waals surface area contributed by atoms with Gasteiger partial charge in [0.15, 0.2) is 5.65 Å². The first-order valence-corrected chi connectivity index (χ1v) is 7.14. The summed E-state index contributed by atoms with van der Waals surface area (Å²) >= 11 is 0. The molecule has 0 amide bonds. The van der Waals surface area contributed by atoms with Gasteiger partial charge in [0.25, 0.3) is 0 Å². The number of benzene rings is 2. The Bertz CT molecular complexity index is 967. The SMILES string of the molecule is Cc1cc(C)cc(Nc2nc3ccccc3c3nncn23)c1. The van der Waals surface area contributed by atoms with E-state index in [2.05, 4.69) is 47.6 Å². The van der Waals surface area contributed by atoms with Crippen LogP contribution in [0.1, 0.15) is 11.1 Å². The van der Waals surface area contributed by atoms with Gasteiger partial charge in [0.1, 0.15) is 6.33 Å². The van der Waals surface area contributed by atoms with Crippen LogP contribution in [0.2, 0.25) is 0 Å². The van der Waals surface area contributed by atoms with Crippen molar-refractivity contribution < 1.29 is 0 Å². The third-order valence-corrected chi connectivity index (χ3v) is 3.63. The minimum absolute atomic E-state index is 0.712. The maximum Gasteiger partial charge on any atom is 0.215 e. The van der Waals surface area contributed by atoms with E-state index >= 15 is 0 Å². The fourth-order valence-electron chi connectivity index (χ4n) is 2.77. The third-order valence-electron chi connectivity index (χ3n) is 3.63. The maximum absolute atomic E-state index is 4.70. The van der Waals surface area contributed by atoms with E-state index in [4.69, 9.17) is 4.98 Å². The molecule has 2 aromatic heterocycles. The van der Waals surface area contributed by atoms with E-state index in [1.165, 1.54) is 11.1 Å². The van der Waals surface area contributed by atoms with Crippen LogP contribution in [0.4, 0.5) is 11.6 Å². The largest absolute Gasteiger partial charge is 0.325 e. The summed E-state index contributed by atoms with van der Waals surface area (Å²) in [6.07, 6.45) is 1.68. The summed E-state index contributed by atoms with van der Waals surface area (Å²) in [5.41, 5.74) is 5.13. The first kappa shape index (κ1) is 12.8. The van der Waals surface area contributed by atoms with Gasteiger partial charge in [-0.2, -0.15) is 0 Å². The van der Waals surface area contributed by atoms with Gasteiger partial charge < -0.3 is 5.32 Å². The molecule has 0 radical (unpaired) electrons. The molecule has 0 aliphatic carbocycles. The van der Waals surface area contributed by atoms with Crippen LogP contribution in [-0.4, -0.2) is 19.6 Å². The van der Waals surface area contributed by atoms with Gasteiger partial charge in [-0.05, 0) is 49.2 Å². The Labute approximate surface area is 127 Å². The number of para-hydroxylation sites is 1. The normalized spacial score (nSPS) is 11.2. The molecule has 108 valence electrons. The number of nitrogens with zero attached hydrogens (tertiary/aromatic N) is 4. The van der Waals surface area contributed by atoms with E-state index in [-0.39, 0.29) is 0 Å². The Balaban J connectivity index is 1.91. The lowest BCUT2D eigenvalue weighted by Crippen LogP contribution is -2.02. The third kappa shape index (κ3) is 2.07. The minimum Gasteiger partial charge on any atom is -0.325 e. The number of aryl methyl sites for hydroxylation is 2. The molecule has 0 atom stereocenters.